The zero-order valence-electron chi connectivity index (χ0n) is 12.3. The van der Waals surface area contributed by atoms with Crippen molar-refractivity contribution in [3.05, 3.63) is 52.0 Å². The highest BCUT2D eigenvalue weighted by Gasteiger charge is 2.17. The number of carbonyl (C=O) groups is 1. The van der Waals surface area contributed by atoms with E-state index >= 15 is 0 Å². The van der Waals surface area contributed by atoms with Gasteiger partial charge in [-0.2, -0.15) is 5.10 Å². The average molecular weight is 367 g/mol. The molecule has 0 saturated carbocycles. The lowest BCUT2D eigenvalue weighted by Gasteiger charge is -2.05. The molecule has 0 bridgehead atoms. The van der Waals surface area contributed by atoms with Gasteiger partial charge in [-0.05, 0) is 42.0 Å². The van der Waals surface area contributed by atoms with Crippen molar-refractivity contribution < 1.29 is 19.0 Å². The van der Waals surface area contributed by atoms with Crippen LogP contribution in [0.4, 0.5) is 0 Å². The smallest absolute Gasteiger partial charge is 0.277 e. The van der Waals surface area contributed by atoms with Crippen LogP contribution in [0.1, 0.15) is 5.56 Å². The lowest BCUT2D eigenvalue weighted by Crippen LogP contribution is -2.24. The Balaban J connectivity index is 1.51. The maximum Gasteiger partial charge on any atom is 0.277 e. The summed E-state index contributed by atoms with van der Waals surface area (Å²) < 4.78 is 15.8. The first kappa shape index (κ1) is 16.4. The van der Waals surface area contributed by atoms with Gasteiger partial charge in [0.15, 0.2) is 18.1 Å². The second-order valence-electron chi connectivity index (χ2n) is 4.77. The van der Waals surface area contributed by atoms with Gasteiger partial charge in [0, 0.05) is 5.02 Å². The van der Waals surface area contributed by atoms with Gasteiger partial charge in [-0.25, -0.2) is 5.43 Å². The van der Waals surface area contributed by atoms with Crippen molar-refractivity contribution in [2.24, 2.45) is 5.10 Å². The number of amides is 1. The van der Waals surface area contributed by atoms with Gasteiger partial charge < -0.3 is 14.2 Å². The lowest BCUT2D eigenvalue weighted by molar-refractivity contribution is -0.123. The van der Waals surface area contributed by atoms with Gasteiger partial charge in [-0.15, -0.1) is 0 Å². The Hall–Kier alpha value is -2.44. The maximum atomic E-state index is 11.7. The van der Waals surface area contributed by atoms with Gasteiger partial charge in [0.25, 0.3) is 5.91 Å². The van der Waals surface area contributed by atoms with Crippen molar-refractivity contribution >= 4 is 35.3 Å². The molecule has 1 N–H and O–H groups in total. The molecule has 0 fully saturated rings. The highest BCUT2D eigenvalue weighted by molar-refractivity contribution is 6.32. The third-order valence-corrected chi connectivity index (χ3v) is 3.57. The first-order chi connectivity index (χ1) is 11.6. The largest absolute Gasteiger partial charge is 0.484 e. The van der Waals surface area contributed by atoms with Crippen LogP contribution in [0, 0.1) is 0 Å². The van der Waals surface area contributed by atoms with Crippen molar-refractivity contribution in [1.82, 2.24) is 5.43 Å². The predicted octanol–water partition coefficient (Wildman–Crippen LogP) is 3.25. The molecule has 8 heteroatoms. The minimum Gasteiger partial charge on any atom is -0.484 e. The molecule has 1 heterocycles. The lowest BCUT2D eigenvalue weighted by atomic mass is 10.2. The van der Waals surface area contributed by atoms with E-state index in [9.17, 15) is 4.79 Å². The van der Waals surface area contributed by atoms with Crippen LogP contribution in [0.15, 0.2) is 41.5 Å². The number of halogens is 2. The third-order valence-electron chi connectivity index (χ3n) is 3.04. The molecule has 6 nitrogen and oxygen atoms in total. The Bertz CT molecular complexity index is 778. The van der Waals surface area contributed by atoms with Gasteiger partial charge in [0.1, 0.15) is 5.75 Å². The van der Waals surface area contributed by atoms with Gasteiger partial charge >= 0.3 is 0 Å². The van der Waals surface area contributed by atoms with Crippen LogP contribution in [0.25, 0.3) is 0 Å². The van der Waals surface area contributed by atoms with E-state index in [0.717, 1.165) is 0 Å². The highest BCUT2D eigenvalue weighted by atomic mass is 35.5. The number of nitrogens with one attached hydrogen (secondary N) is 1. The average Bonchev–Trinajstić information content (AvgIpc) is 3.03. The van der Waals surface area contributed by atoms with Crippen LogP contribution in [-0.4, -0.2) is 25.5 Å². The molecule has 1 amide bonds. The van der Waals surface area contributed by atoms with E-state index in [-0.39, 0.29) is 13.4 Å². The van der Waals surface area contributed by atoms with Crippen molar-refractivity contribution in [3.8, 4) is 17.2 Å². The molecule has 2 aromatic rings. The van der Waals surface area contributed by atoms with Crippen molar-refractivity contribution in [3.63, 3.8) is 0 Å². The molecule has 0 radical (unpaired) electrons. The number of ether oxygens (including phenoxy) is 3. The first-order valence-electron chi connectivity index (χ1n) is 6.91. The van der Waals surface area contributed by atoms with E-state index in [1.54, 1.807) is 36.4 Å². The second-order valence-corrected chi connectivity index (χ2v) is 5.62. The van der Waals surface area contributed by atoms with Gasteiger partial charge in [0.2, 0.25) is 6.79 Å². The molecule has 1 aliphatic rings. The summed E-state index contributed by atoms with van der Waals surface area (Å²) in [5.74, 6) is 1.20. The summed E-state index contributed by atoms with van der Waals surface area (Å²) in [4.78, 5) is 11.7. The van der Waals surface area contributed by atoms with E-state index in [1.807, 2.05) is 0 Å². The van der Waals surface area contributed by atoms with E-state index < -0.39 is 5.91 Å². The SMILES string of the molecule is O=C(COc1ccc(Cl)cc1)N/N=C\c1cc(Cl)c2c(c1)OCO2. The molecule has 124 valence electrons. The fourth-order valence-electron chi connectivity index (χ4n) is 1.95. The summed E-state index contributed by atoms with van der Waals surface area (Å²) in [6, 6.07) is 10.1. The Morgan fingerprint density at radius 3 is 2.83 bits per heavy atom. The molecule has 1 aliphatic heterocycles. The number of nitrogens with zero attached hydrogens (tertiary/aromatic N) is 1. The van der Waals surface area contributed by atoms with E-state index in [1.165, 1.54) is 6.21 Å². The summed E-state index contributed by atoms with van der Waals surface area (Å²) in [5.41, 5.74) is 3.03. The Morgan fingerprint density at radius 2 is 2.04 bits per heavy atom. The topological polar surface area (TPSA) is 69.2 Å². The zero-order chi connectivity index (χ0) is 16.9. The summed E-state index contributed by atoms with van der Waals surface area (Å²) in [6.45, 7) is -0.0325. The number of hydrogen-bond donors (Lipinski definition) is 1. The van der Waals surface area contributed by atoms with Crippen LogP contribution >= 0.6 is 23.2 Å². The van der Waals surface area contributed by atoms with Gasteiger partial charge in [0.05, 0.1) is 11.2 Å². The van der Waals surface area contributed by atoms with Crippen LogP contribution in [0.5, 0.6) is 17.2 Å². The van der Waals surface area contributed by atoms with Gasteiger partial charge in [-0.3, -0.25) is 4.79 Å². The molecule has 0 saturated heterocycles. The molecule has 24 heavy (non-hydrogen) atoms. The van der Waals surface area contributed by atoms with Crippen molar-refractivity contribution in [2.75, 3.05) is 13.4 Å². The molecule has 3 rings (SSSR count). The monoisotopic (exact) mass is 366 g/mol. The number of benzene rings is 2. The standard InChI is InChI=1S/C16H12Cl2N2O4/c17-11-1-3-12(4-2-11)22-8-15(21)20-19-7-10-5-13(18)16-14(6-10)23-9-24-16/h1-7H,8-9H2,(H,20,21)/b19-7-. The minimum absolute atomic E-state index is 0.133. The Labute approximate surface area is 147 Å². The van der Waals surface area contributed by atoms with E-state index in [4.69, 9.17) is 37.4 Å². The third kappa shape index (κ3) is 4.10. The van der Waals surface area contributed by atoms with Crippen LogP contribution < -0.4 is 19.6 Å². The number of carbonyl (C=O) groups excluding carboxylic acids is 1. The van der Waals surface area contributed by atoms with E-state index in [2.05, 4.69) is 10.5 Å². The van der Waals surface area contributed by atoms with Crippen LogP contribution in [-0.2, 0) is 4.79 Å². The zero-order valence-corrected chi connectivity index (χ0v) is 13.8. The Kier molecular flexibility index (Phi) is 5.08. The van der Waals surface area contributed by atoms with Gasteiger partial charge in [-0.1, -0.05) is 23.2 Å². The highest BCUT2D eigenvalue weighted by Crippen LogP contribution is 2.39. The normalized spacial score (nSPS) is 12.4. The summed E-state index contributed by atoms with van der Waals surface area (Å²) in [6.07, 6.45) is 1.45. The molecule has 0 spiro atoms. The Morgan fingerprint density at radius 1 is 1.25 bits per heavy atom. The maximum absolute atomic E-state index is 11.7. The quantitative estimate of drug-likeness (QED) is 0.651. The summed E-state index contributed by atoms with van der Waals surface area (Å²) in [5, 5.41) is 4.87. The minimum atomic E-state index is -0.395. The summed E-state index contributed by atoms with van der Waals surface area (Å²) >= 11 is 11.8. The predicted molar refractivity (Wildman–Crippen MR) is 90.3 cm³/mol. The number of fused-ring (bicyclic) bond motifs is 1. The number of rotatable bonds is 5. The molecular formula is C16H12Cl2N2O4. The molecule has 0 unspecified atom stereocenters. The number of hydrogen-bond acceptors (Lipinski definition) is 5. The van der Waals surface area contributed by atoms with Crippen molar-refractivity contribution in [2.45, 2.75) is 0 Å². The van der Waals surface area contributed by atoms with Crippen LogP contribution in [0.3, 0.4) is 0 Å². The fraction of sp³-hybridized carbons (Fsp3) is 0.125. The second kappa shape index (κ2) is 7.42. The molecule has 0 aliphatic carbocycles. The molecule has 0 aromatic heterocycles. The molecule has 0 atom stereocenters. The summed E-state index contributed by atoms with van der Waals surface area (Å²) in [7, 11) is 0. The van der Waals surface area contributed by atoms with Crippen molar-refractivity contribution in [1.29, 1.82) is 0 Å². The van der Waals surface area contributed by atoms with E-state index in [0.29, 0.717) is 32.9 Å². The fourth-order valence-corrected chi connectivity index (χ4v) is 2.35. The van der Waals surface area contributed by atoms with Crippen LogP contribution in [0.2, 0.25) is 10.0 Å². The molecule has 2 aromatic carbocycles. The number of hydrazone groups is 1. The first-order valence-corrected chi connectivity index (χ1v) is 7.67. The molecular weight excluding hydrogens is 355 g/mol.